The molecule has 0 saturated heterocycles. The van der Waals surface area contributed by atoms with Gasteiger partial charge in [0.05, 0.1) is 12.4 Å². The minimum Gasteiger partial charge on any atom is -0.463 e. The van der Waals surface area contributed by atoms with Gasteiger partial charge in [-0.15, -0.1) is 0 Å². The van der Waals surface area contributed by atoms with Crippen LogP contribution in [-0.2, 0) is 29.1 Å². The zero-order valence-corrected chi connectivity index (χ0v) is 11.6. The van der Waals surface area contributed by atoms with Crippen LogP contribution >= 0.6 is 0 Å². The summed E-state index contributed by atoms with van der Waals surface area (Å²) < 4.78 is 34.1. The van der Waals surface area contributed by atoms with Crippen molar-refractivity contribution >= 4 is 22.0 Å². The molecule has 0 aliphatic carbocycles. The highest BCUT2D eigenvalue weighted by Crippen LogP contribution is 1.95. The van der Waals surface area contributed by atoms with E-state index in [0.29, 0.717) is 6.42 Å². The third-order valence-electron chi connectivity index (χ3n) is 1.82. The molecular formula is C10H19NO6S. The lowest BCUT2D eigenvalue weighted by atomic mass is 10.4. The Bertz CT molecular complexity index is 378. The molecule has 0 bridgehead atoms. The van der Waals surface area contributed by atoms with Crippen molar-refractivity contribution in [3.63, 3.8) is 0 Å². The van der Waals surface area contributed by atoms with Gasteiger partial charge in [-0.25, -0.2) is 17.9 Å². The maximum atomic E-state index is 11.4. The highest BCUT2D eigenvalue weighted by Gasteiger charge is 2.21. The van der Waals surface area contributed by atoms with Gasteiger partial charge in [0.25, 0.3) is 0 Å². The van der Waals surface area contributed by atoms with Crippen molar-refractivity contribution in [1.82, 2.24) is 4.72 Å². The van der Waals surface area contributed by atoms with E-state index in [1.165, 1.54) is 6.92 Å². The second kappa shape index (κ2) is 8.04. The van der Waals surface area contributed by atoms with Gasteiger partial charge in [0, 0.05) is 0 Å². The average molecular weight is 281 g/mol. The van der Waals surface area contributed by atoms with Crippen LogP contribution < -0.4 is 4.72 Å². The van der Waals surface area contributed by atoms with Gasteiger partial charge in [-0.2, -0.15) is 0 Å². The molecule has 7 nitrogen and oxygen atoms in total. The van der Waals surface area contributed by atoms with Gasteiger partial charge in [-0.05, 0) is 20.3 Å². The molecule has 0 radical (unpaired) electrons. The van der Waals surface area contributed by atoms with Crippen LogP contribution in [0.15, 0.2) is 0 Å². The molecule has 0 fully saturated rings. The summed E-state index contributed by atoms with van der Waals surface area (Å²) in [5.74, 6) is -1.56. The van der Waals surface area contributed by atoms with Crippen LogP contribution in [-0.4, -0.2) is 45.4 Å². The van der Waals surface area contributed by atoms with Crippen molar-refractivity contribution in [2.75, 3.05) is 19.0 Å². The fraction of sp³-hybridized carbons (Fsp3) is 0.800. The van der Waals surface area contributed by atoms with E-state index in [2.05, 4.69) is 14.2 Å². The molecule has 0 heterocycles. The SMILES string of the molecule is CCCS(=O)(=O)NC(C)C(=O)OCC(=O)OCC. The van der Waals surface area contributed by atoms with Crippen molar-refractivity contribution in [3.05, 3.63) is 0 Å². The van der Waals surface area contributed by atoms with Crippen LogP contribution in [0.5, 0.6) is 0 Å². The van der Waals surface area contributed by atoms with Crippen LogP contribution in [0, 0.1) is 0 Å². The summed E-state index contributed by atoms with van der Waals surface area (Å²) in [6.45, 7) is 4.35. The number of rotatable bonds is 8. The molecule has 0 saturated carbocycles. The van der Waals surface area contributed by atoms with Crippen LogP contribution in [0.25, 0.3) is 0 Å². The standard InChI is InChI=1S/C10H19NO6S/c1-4-6-18(14,15)11-8(3)10(13)17-7-9(12)16-5-2/h8,11H,4-7H2,1-3H3. The quantitative estimate of drug-likeness (QED) is 0.619. The number of ether oxygens (including phenoxy) is 2. The van der Waals surface area contributed by atoms with Gasteiger partial charge in [0.2, 0.25) is 10.0 Å². The van der Waals surface area contributed by atoms with E-state index in [0.717, 1.165) is 0 Å². The summed E-state index contributed by atoms with van der Waals surface area (Å²) in [7, 11) is -3.49. The van der Waals surface area contributed by atoms with Gasteiger partial charge < -0.3 is 9.47 Å². The minimum absolute atomic E-state index is 0.0670. The first-order valence-corrected chi connectivity index (χ1v) is 7.29. The molecule has 0 aliphatic heterocycles. The zero-order valence-electron chi connectivity index (χ0n) is 10.8. The number of sulfonamides is 1. The van der Waals surface area contributed by atoms with Crippen LogP contribution in [0.1, 0.15) is 27.2 Å². The monoisotopic (exact) mass is 281 g/mol. The maximum absolute atomic E-state index is 11.4. The van der Waals surface area contributed by atoms with E-state index in [1.807, 2.05) is 0 Å². The maximum Gasteiger partial charge on any atom is 0.344 e. The lowest BCUT2D eigenvalue weighted by Crippen LogP contribution is -2.41. The van der Waals surface area contributed by atoms with Gasteiger partial charge >= 0.3 is 11.9 Å². The summed E-state index contributed by atoms with van der Waals surface area (Å²) >= 11 is 0. The predicted octanol–water partition coefficient (Wildman–Crippen LogP) is -0.189. The Morgan fingerprint density at radius 3 is 2.33 bits per heavy atom. The Balaban J connectivity index is 4.15. The van der Waals surface area contributed by atoms with E-state index in [9.17, 15) is 18.0 Å². The Kier molecular flexibility index (Phi) is 7.53. The first kappa shape index (κ1) is 16.9. The highest BCUT2D eigenvalue weighted by atomic mass is 32.2. The van der Waals surface area contributed by atoms with E-state index in [4.69, 9.17) is 0 Å². The van der Waals surface area contributed by atoms with Crippen molar-refractivity contribution in [2.45, 2.75) is 33.2 Å². The molecule has 0 spiro atoms. The van der Waals surface area contributed by atoms with Crippen LogP contribution in [0.4, 0.5) is 0 Å². The number of nitrogens with one attached hydrogen (secondary N) is 1. The summed E-state index contributed by atoms with van der Waals surface area (Å²) in [4.78, 5) is 22.3. The van der Waals surface area contributed by atoms with E-state index in [1.54, 1.807) is 13.8 Å². The van der Waals surface area contributed by atoms with Crippen LogP contribution in [0.3, 0.4) is 0 Å². The van der Waals surface area contributed by atoms with Crippen molar-refractivity contribution in [1.29, 1.82) is 0 Å². The topological polar surface area (TPSA) is 98.8 Å². The molecular weight excluding hydrogens is 262 g/mol. The molecule has 0 aromatic heterocycles. The fourth-order valence-corrected chi connectivity index (χ4v) is 2.39. The summed E-state index contributed by atoms with van der Waals surface area (Å²) in [5.41, 5.74) is 0. The lowest BCUT2D eigenvalue weighted by molar-refractivity contribution is -0.159. The zero-order chi connectivity index (χ0) is 14.2. The molecule has 0 amide bonds. The van der Waals surface area contributed by atoms with E-state index in [-0.39, 0.29) is 12.4 Å². The minimum atomic E-state index is -3.49. The van der Waals surface area contributed by atoms with Crippen molar-refractivity contribution in [2.24, 2.45) is 0 Å². The molecule has 0 aromatic carbocycles. The number of esters is 2. The molecule has 106 valence electrons. The molecule has 0 aliphatic rings. The van der Waals surface area contributed by atoms with Crippen molar-refractivity contribution in [3.8, 4) is 0 Å². The largest absolute Gasteiger partial charge is 0.463 e. The van der Waals surface area contributed by atoms with Crippen LogP contribution in [0.2, 0.25) is 0 Å². The average Bonchev–Trinajstić information content (AvgIpc) is 2.25. The van der Waals surface area contributed by atoms with Crippen molar-refractivity contribution < 1.29 is 27.5 Å². The predicted molar refractivity (Wildman–Crippen MR) is 64.3 cm³/mol. The van der Waals surface area contributed by atoms with Gasteiger partial charge in [0.15, 0.2) is 6.61 Å². The Hall–Kier alpha value is -1.15. The third kappa shape index (κ3) is 7.23. The van der Waals surface area contributed by atoms with Gasteiger partial charge in [0.1, 0.15) is 6.04 Å². The highest BCUT2D eigenvalue weighted by molar-refractivity contribution is 7.89. The Morgan fingerprint density at radius 1 is 1.22 bits per heavy atom. The molecule has 1 N–H and O–H groups in total. The Morgan fingerprint density at radius 2 is 1.83 bits per heavy atom. The molecule has 0 aromatic rings. The third-order valence-corrected chi connectivity index (χ3v) is 3.48. The lowest BCUT2D eigenvalue weighted by Gasteiger charge is -2.12. The molecule has 0 rings (SSSR count). The molecule has 1 atom stereocenters. The molecule has 1 unspecified atom stereocenters. The van der Waals surface area contributed by atoms with Gasteiger partial charge in [-0.1, -0.05) is 6.92 Å². The summed E-state index contributed by atoms with van der Waals surface area (Å²) in [6.07, 6.45) is 0.444. The molecule has 18 heavy (non-hydrogen) atoms. The Labute approximate surface area is 107 Å². The second-order valence-corrected chi connectivity index (χ2v) is 5.44. The smallest absolute Gasteiger partial charge is 0.344 e. The summed E-state index contributed by atoms with van der Waals surface area (Å²) in [5, 5.41) is 0. The number of carbonyl (C=O) groups is 2. The normalized spacial score (nSPS) is 12.8. The first-order valence-electron chi connectivity index (χ1n) is 5.64. The van der Waals surface area contributed by atoms with E-state index < -0.39 is 34.6 Å². The number of carbonyl (C=O) groups excluding carboxylic acids is 2. The number of hydrogen-bond acceptors (Lipinski definition) is 6. The first-order chi connectivity index (χ1) is 8.32. The van der Waals surface area contributed by atoms with Gasteiger partial charge in [-0.3, -0.25) is 4.79 Å². The molecule has 8 heteroatoms. The number of hydrogen-bond donors (Lipinski definition) is 1. The second-order valence-electron chi connectivity index (χ2n) is 3.57. The fourth-order valence-electron chi connectivity index (χ4n) is 1.10. The van der Waals surface area contributed by atoms with E-state index >= 15 is 0 Å². The summed E-state index contributed by atoms with van der Waals surface area (Å²) in [6, 6.07) is -1.03.